The van der Waals surface area contributed by atoms with Crippen LogP contribution in [0.15, 0.2) is 72.8 Å². The number of hydrogen-bond acceptors (Lipinski definition) is 6. The standard InChI is InChI=1S/C28H26FN3O5S/c1-3-37-27(35)19-6-10-21(11-7-19)30-25(33)16-24-26(34)32(22-12-14-23(36-2)15-13-22)28(38)31(24)17-18-4-8-20(29)9-5-18/h4-15,24H,3,16-17H2,1-2H3,(H,30,33)/t24-/m1/s1. The normalized spacial score (nSPS) is 15.0. The lowest BCUT2D eigenvalue weighted by atomic mass is 10.1. The highest BCUT2D eigenvalue weighted by molar-refractivity contribution is 7.80. The fourth-order valence-corrected chi connectivity index (χ4v) is 4.45. The van der Waals surface area contributed by atoms with E-state index in [1.807, 2.05) is 0 Å². The second kappa shape index (κ2) is 11.8. The summed E-state index contributed by atoms with van der Waals surface area (Å²) in [6, 6.07) is 18.2. The van der Waals surface area contributed by atoms with Gasteiger partial charge in [-0.1, -0.05) is 12.1 Å². The maximum Gasteiger partial charge on any atom is 0.338 e. The average Bonchev–Trinajstić information content (AvgIpc) is 3.14. The van der Waals surface area contributed by atoms with Gasteiger partial charge in [-0.15, -0.1) is 0 Å². The van der Waals surface area contributed by atoms with E-state index >= 15 is 0 Å². The molecule has 0 aliphatic carbocycles. The SMILES string of the molecule is CCOC(=O)c1ccc(NC(=O)C[C@@H]2C(=O)N(c3ccc(OC)cc3)C(=S)N2Cc2ccc(F)cc2)cc1. The maximum absolute atomic E-state index is 13.6. The predicted molar refractivity (Wildman–Crippen MR) is 144 cm³/mol. The van der Waals surface area contributed by atoms with Crippen molar-refractivity contribution in [1.82, 2.24) is 4.90 Å². The molecule has 0 aromatic heterocycles. The molecule has 0 radical (unpaired) electrons. The van der Waals surface area contributed by atoms with E-state index in [1.165, 1.54) is 17.0 Å². The van der Waals surface area contributed by atoms with E-state index < -0.39 is 17.9 Å². The number of rotatable bonds is 9. The van der Waals surface area contributed by atoms with Crippen LogP contribution in [0.1, 0.15) is 29.3 Å². The van der Waals surface area contributed by atoms with E-state index in [0.717, 1.165) is 5.56 Å². The Kier molecular flexibility index (Phi) is 8.32. The van der Waals surface area contributed by atoms with Crippen molar-refractivity contribution in [3.05, 3.63) is 89.7 Å². The van der Waals surface area contributed by atoms with E-state index in [2.05, 4.69) is 5.32 Å². The fraction of sp³-hybridized carbons (Fsp3) is 0.214. The topological polar surface area (TPSA) is 88.2 Å². The van der Waals surface area contributed by atoms with Crippen molar-refractivity contribution in [3.8, 4) is 5.75 Å². The molecule has 196 valence electrons. The monoisotopic (exact) mass is 535 g/mol. The molecule has 1 N–H and O–H groups in total. The van der Waals surface area contributed by atoms with Crippen molar-refractivity contribution in [2.45, 2.75) is 25.9 Å². The van der Waals surface area contributed by atoms with Gasteiger partial charge in [0.1, 0.15) is 17.6 Å². The Balaban J connectivity index is 1.54. The summed E-state index contributed by atoms with van der Waals surface area (Å²) in [5.41, 5.74) is 2.11. The average molecular weight is 536 g/mol. The molecule has 2 amide bonds. The first-order chi connectivity index (χ1) is 18.3. The molecule has 1 saturated heterocycles. The zero-order chi connectivity index (χ0) is 27.2. The number of benzene rings is 3. The summed E-state index contributed by atoms with van der Waals surface area (Å²) in [6.45, 7) is 2.19. The lowest BCUT2D eigenvalue weighted by molar-refractivity contribution is -0.124. The molecule has 38 heavy (non-hydrogen) atoms. The molecule has 1 heterocycles. The molecule has 0 bridgehead atoms. The number of amides is 2. The number of carbonyl (C=O) groups excluding carboxylic acids is 3. The first-order valence-corrected chi connectivity index (χ1v) is 12.3. The van der Waals surface area contributed by atoms with Gasteiger partial charge in [0.05, 0.1) is 31.4 Å². The Labute approximate surface area is 224 Å². The first-order valence-electron chi connectivity index (χ1n) is 11.9. The Bertz CT molecular complexity index is 1330. The highest BCUT2D eigenvalue weighted by atomic mass is 32.1. The highest BCUT2D eigenvalue weighted by Crippen LogP contribution is 2.30. The Morgan fingerprint density at radius 2 is 1.66 bits per heavy atom. The summed E-state index contributed by atoms with van der Waals surface area (Å²) >= 11 is 5.68. The third-order valence-corrected chi connectivity index (χ3v) is 6.39. The van der Waals surface area contributed by atoms with Gasteiger partial charge in [0.25, 0.3) is 5.91 Å². The molecule has 0 unspecified atom stereocenters. The van der Waals surface area contributed by atoms with Crippen molar-refractivity contribution < 1.29 is 28.2 Å². The van der Waals surface area contributed by atoms with Crippen LogP contribution < -0.4 is 15.0 Å². The summed E-state index contributed by atoms with van der Waals surface area (Å²) in [7, 11) is 1.55. The molecular weight excluding hydrogens is 509 g/mol. The zero-order valence-corrected chi connectivity index (χ0v) is 21.7. The van der Waals surface area contributed by atoms with Crippen LogP contribution >= 0.6 is 12.2 Å². The van der Waals surface area contributed by atoms with Crippen molar-refractivity contribution in [1.29, 1.82) is 0 Å². The number of anilines is 2. The minimum Gasteiger partial charge on any atom is -0.497 e. The van der Waals surface area contributed by atoms with Crippen LogP contribution in [0.3, 0.4) is 0 Å². The molecule has 1 aliphatic rings. The van der Waals surface area contributed by atoms with E-state index in [9.17, 15) is 18.8 Å². The molecule has 8 nitrogen and oxygen atoms in total. The third-order valence-electron chi connectivity index (χ3n) is 5.97. The Hall–Kier alpha value is -4.31. The molecule has 0 spiro atoms. The predicted octanol–water partition coefficient (Wildman–Crippen LogP) is 4.54. The van der Waals surface area contributed by atoms with Gasteiger partial charge in [-0.2, -0.15) is 0 Å². The lowest BCUT2D eigenvalue weighted by Gasteiger charge is -2.24. The Morgan fingerprint density at radius 3 is 2.26 bits per heavy atom. The van der Waals surface area contributed by atoms with Gasteiger partial charge in [-0.05, 0) is 85.4 Å². The van der Waals surface area contributed by atoms with E-state index in [4.69, 9.17) is 21.7 Å². The summed E-state index contributed by atoms with van der Waals surface area (Å²) in [5.74, 6) is -0.964. The molecule has 3 aromatic rings. The molecule has 3 aromatic carbocycles. The molecule has 1 fully saturated rings. The number of carbonyl (C=O) groups is 3. The number of hydrogen-bond donors (Lipinski definition) is 1. The largest absolute Gasteiger partial charge is 0.497 e. The molecule has 4 rings (SSSR count). The van der Waals surface area contributed by atoms with Gasteiger partial charge >= 0.3 is 5.97 Å². The van der Waals surface area contributed by atoms with Gasteiger partial charge in [-0.25, -0.2) is 9.18 Å². The number of ether oxygens (including phenoxy) is 2. The number of esters is 1. The van der Waals surface area contributed by atoms with E-state index in [0.29, 0.717) is 22.7 Å². The summed E-state index contributed by atoms with van der Waals surface area (Å²) in [6.07, 6.45) is -0.174. The number of nitrogens with one attached hydrogen (secondary N) is 1. The second-order valence-electron chi connectivity index (χ2n) is 8.47. The van der Waals surface area contributed by atoms with Crippen molar-refractivity contribution >= 4 is 46.5 Å². The molecular formula is C28H26FN3O5S. The Morgan fingerprint density at radius 1 is 1.00 bits per heavy atom. The first kappa shape index (κ1) is 26.7. The molecule has 1 aliphatic heterocycles. The van der Waals surface area contributed by atoms with Gasteiger partial charge in [0.15, 0.2) is 5.11 Å². The molecule has 0 saturated carbocycles. The minimum absolute atomic E-state index is 0.174. The second-order valence-corrected chi connectivity index (χ2v) is 8.84. The summed E-state index contributed by atoms with van der Waals surface area (Å²) < 4.78 is 23.6. The highest BCUT2D eigenvalue weighted by Gasteiger charge is 2.44. The molecule has 1 atom stereocenters. The van der Waals surface area contributed by atoms with Crippen LogP contribution in [0.4, 0.5) is 15.8 Å². The van der Waals surface area contributed by atoms with Crippen LogP contribution in [-0.2, 0) is 20.9 Å². The third kappa shape index (κ3) is 5.97. The number of methoxy groups -OCH3 is 1. The number of thiocarbonyl (C=S) groups is 1. The number of halogens is 1. The van der Waals surface area contributed by atoms with Crippen molar-refractivity contribution in [3.63, 3.8) is 0 Å². The van der Waals surface area contributed by atoms with Crippen LogP contribution in [-0.4, -0.2) is 47.6 Å². The van der Waals surface area contributed by atoms with Crippen LogP contribution in [0, 0.1) is 5.82 Å². The van der Waals surface area contributed by atoms with E-state index in [1.54, 1.807) is 79.6 Å². The number of nitrogens with zero attached hydrogens (tertiary/aromatic N) is 2. The fourth-order valence-electron chi connectivity index (χ4n) is 4.06. The summed E-state index contributed by atoms with van der Waals surface area (Å²) in [5, 5.41) is 3.00. The van der Waals surface area contributed by atoms with Gasteiger partial charge in [-0.3, -0.25) is 14.5 Å². The van der Waals surface area contributed by atoms with Gasteiger partial charge in [0.2, 0.25) is 5.91 Å². The maximum atomic E-state index is 13.6. The smallest absolute Gasteiger partial charge is 0.338 e. The zero-order valence-electron chi connectivity index (χ0n) is 20.8. The van der Waals surface area contributed by atoms with E-state index in [-0.39, 0.29) is 36.4 Å². The minimum atomic E-state index is -0.881. The van der Waals surface area contributed by atoms with Crippen LogP contribution in [0.25, 0.3) is 0 Å². The quantitative estimate of drug-likeness (QED) is 0.318. The van der Waals surface area contributed by atoms with Crippen LogP contribution in [0.5, 0.6) is 5.75 Å². The molecule has 10 heteroatoms. The van der Waals surface area contributed by atoms with Gasteiger partial charge < -0.3 is 19.7 Å². The lowest BCUT2D eigenvalue weighted by Crippen LogP contribution is -2.37. The van der Waals surface area contributed by atoms with Crippen molar-refractivity contribution in [2.75, 3.05) is 23.9 Å². The summed E-state index contributed by atoms with van der Waals surface area (Å²) in [4.78, 5) is 41.5. The van der Waals surface area contributed by atoms with Crippen molar-refractivity contribution in [2.24, 2.45) is 0 Å². The van der Waals surface area contributed by atoms with Crippen LogP contribution in [0.2, 0.25) is 0 Å². The van der Waals surface area contributed by atoms with Gasteiger partial charge in [0, 0.05) is 12.2 Å².